The molecule has 0 aliphatic carbocycles. The summed E-state index contributed by atoms with van der Waals surface area (Å²) in [6.07, 6.45) is 27.6. The van der Waals surface area contributed by atoms with Gasteiger partial charge in [0.2, 0.25) is 0 Å². The van der Waals surface area contributed by atoms with Crippen LogP contribution in [0.1, 0.15) is 174 Å². The van der Waals surface area contributed by atoms with E-state index in [-0.39, 0.29) is 25.2 Å². The summed E-state index contributed by atoms with van der Waals surface area (Å²) < 4.78 is 17.0. The van der Waals surface area contributed by atoms with E-state index in [1.54, 1.807) is 0 Å². The van der Waals surface area contributed by atoms with Gasteiger partial charge < -0.3 is 14.2 Å². The quantitative estimate of drug-likeness (QED) is 0.0625. The molecular weight excluding hydrogens is 536 g/mol. The Bertz CT molecular complexity index is 750. The van der Waals surface area contributed by atoms with E-state index < -0.39 is 6.10 Å². The number of carbonyl (C=O) groups is 2. The van der Waals surface area contributed by atoms with Gasteiger partial charge in [-0.3, -0.25) is 9.59 Å². The monoisotopic (exact) mass is 602 g/mol. The number of hydrogen-bond donors (Lipinski definition) is 0. The van der Waals surface area contributed by atoms with Crippen LogP contribution in [0.2, 0.25) is 0 Å². The lowest BCUT2D eigenvalue weighted by Crippen LogP contribution is -2.29. The first-order chi connectivity index (χ1) is 21.2. The molecule has 0 heterocycles. The van der Waals surface area contributed by atoms with Crippen LogP contribution in [0.3, 0.4) is 0 Å². The number of benzene rings is 1. The van der Waals surface area contributed by atoms with E-state index in [0.717, 1.165) is 31.2 Å². The van der Waals surface area contributed by atoms with E-state index >= 15 is 0 Å². The Kier molecular flexibility index (Phi) is 27.5. The molecule has 5 nitrogen and oxygen atoms in total. The highest BCUT2D eigenvalue weighted by Gasteiger charge is 2.17. The van der Waals surface area contributed by atoms with E-state index in [1.165, 1.54) is 116 Å². The predicted molar refractivity (Wildman–Crippen MR) is 179 cm³/mol. The second-order valence-corrected chi connectivity index (χ2v) is 12.4. The van der Waals surface area contributed by atoms with Crippen molar-refractivity contribution in [1.82, 2.24) is 0 Å². The molecule has 43 heavy (non-hydrogen) atoms. The zero-order valence-corrected chi connectivity index (χ0v) is 28.1. The number of hydrogen-bond acceptors (Lipinski definition) is 5. The maximum atomic E-state index is 12.6. The second-order valence-electron chi connectivity index (χ2n) is 12.4. The van der Waals surface area contributed by atoms with Gasteiger partial charge in [-0.15, -0.1) is 0 Å². The molecule has 1 atom stereocenters. The van der Waals surface area contributed by atoms with Crippen molar-refractivity contribution < 1.29 is 23.8 Å². The van der Waals surface area contributed by atoms with Gasteiger partial charge in [0.05, 0.1) is 13.2 Å². The van der Waals surface area contributed by atoms with Crippen molar-refractivity contribution in [3.05, 3.63) is 35.9 Å². The summed E-state index contributed by atoms with van der Waals surface area (Å²) in [5.74, 6) is -0.448. The molecule has 0 spiro atoms. The first-order valence-corrected chi connectivity index (χ1v) is 18.1. The molecule has 0 N–H and O–H groups in total. The Morgan fingerprint density at radius 2 is 0.953 bits per heavy atom. The molecule has 0 unspecified atom stereocenters. The topological polar surface area (TPSA) is 61.8 Å². The molecule has 5 heteroatoms. The Hall–Kier alpha value is -1.88. The molecule has 0 aliphatic heterocycles. The van der Waals surface area contributed by atoms with Gasteiger partial charge in [-0.2, -0.15) is 0 Å². The van der Waals surface area contributed by atoms with Gasteiger partial charge in [0, 0.05) is 12.8 Å². The highest BCUT2D eigenvalue weighted by Crippen LogP contribution is 2.14. The molecule has 0 amide bonds. The van der Waals surface area contributed by atoms with Gasteiger partial charge >= 0.3 is 11.9 Å². The van der Waals surface area contributed by atoms with E-state index in [0.29, 0.717) is 19.4 Å². The van der Waals surface area contributed by atoms with Gasteiger partial charge in [-0.1, -0.05) is 173 Å². The SMILES string of the molecule is CCCCCCCCCCCCCC(=O)OC[C@H](COCc1ccccc1)OC(=O)CCCCCCCCCCCCC. The molecular formula is C38H66O5. The highest BCUT2D eigenvalue weighted by molar-refractivity contribution is 5.70. The van der Waals surface area contributed by atoms with Gasteiger partial charge in [0.25, 0.3) is 0 Å². The van der Waals surface area contributed by atoms with Gasteiger partial charge in [0.15, 0.2) is 6.10 Å². The number of carbonyl (C=O) groups excluding carboxylic acids is 2. The van der Waals surface area contributed by atoms with Crippen LogP contribution in [-0.4, -0.2) is 31.3 Å². The minimum atomic E-state index is -0.579. The Morgan fingerprint density at radius 3 is 1.42 bits per heavy atom. The van der Waals surface area contributed by atoms with Crippen LogP contribution in [-0.2, 0) is 30.4 Å². The molecule has 0 aliphatic rings. The fraction of sp³-hybridized carbons (Fsp3) is 0.789. The van der Waals surface area contributed by atoms with Crippen molar-refractivity contribution in [2.24, 2.45) is 0 Å². The predicted octanol–water partition coefficient (Wildman–Crippen LogP) is 11.1. The zero-order valence-electron chi connectivity index (χ0n) is 28.1. The number of rotatable bonds is 31. The maximum absolute atomic E-state index is 12.6. The van der Waals surface area contributed by atoms with Crippen LogP contribution in [0, 0.1) is 0 Å². The van der Waals surface area contributed by atoms with Crippen LogP contribution in [0.5, 0.6) is 0 Å². The minimum absolute atomic E-state index is 0.0512. The number of unbranched alkanes of at least 4 members (excludes halogenated alkanes) is 20. The van der Waals surface area contributed by atoms with Crippen molar-refractivity contribution in [2.75, 3.05) is 13.2 Å². The van der Waals surface area contributed by atoms with E-state index in [1.807, 2.05) is 30.3 Å². The molecule has 248 valence electrons. The molecule has 0 saturated carbocycles. The van der Waals surface area contributed by atoms with Crippen LogP contribution >= 0.6 is 0 Å². The van der Waals surface area contributed by atoms with Crippen molar-refractivity contribution in [1.29, 1.82) is 0 Å². The molecule has 0 radical (unpaired) electrons. The second kappa shape index (κ2) is 30.2. The average molecular weight is 603 g/mol. The Balaban J connectivity index is 2.22. The summed E-state index contributed by atoms with van der Waals surface area (Å²) in [5, 5.41) is 0. The maximum Gasteiger partial charge on any atom is 0.306 e. The van der Waals surface area contributed by atoms with E-state index in [2.05, 4.69) is 13.8 Å². The summed E-state index contributed by atoms with van der Waals surface area (Å²) in [7, 11) is 0. The lowest BCUT2D eigenvalue weighted by atomic mass is 10.1. The first kappa shape index (κ1) is 39.1. The number of ether oxygens (including phenoxy) is 3. The van der Waals surface area contributed by atoms with Crippen molar-refractivity contribution in [3.8, 4) is 0 Å². The molecule has 0 aromatic heterocycles. The molecule has 0 fully saturated rings. The number of esters is 2. The lowest BCUT2D eigenvalue weighted by Gasteiger charge is -2.18. The summed E-state index contributed by atoms with van der Waals surface area (Å²) >= 11 is 0. The van der Waals surface area contributed by atoms with Gasteiger partial charge in [-0.05, 0) is 18.4 Å². The van der Waals surface area contributed by atoms with Crippen molar-refractivity contribution in [3.63, 3.8) is 0 Å². The van der Waals surface area contributed by atoms with Crippen molar-refractivity contribution >= 4 is 11.9 Å². The molecule has 1 rings (SSSR count). The molecule has 0 bridgehead atoms. The minimum Gasteiger partial charge on any atom is -0.462 e. The van der Waals surface area contributed by atoms with Gasteiger partial charge in [0.1, 0.15) is 6.61 Å². The third-order valence-electron chi connectivity index (χ3n) is 8.11. The average Bonchev–Trinajstić information content (AvgIpc) is 3.01. The highest BCUT2D eigenvalue weighted by atomic mass is 16.6. The standard InChI is InChI=1S/C38H66O5/c1-3-5-7-9-11-13-15-17-19-21-26-30-37(39)42-34-36(33-41-32-35-28-24-23-25-29-35)43-38(40)31-27-22-20-18-16-14-12-10-8-6-4-2/h23-25,28-29,36H,3-22,26-27,30-34H2,1-2H3/t36-/m0/s1. The third kappa shape index (κ3) is 26.3. The van der Waals surface area contributed by atoms with Gasteiger partial charge in [-0.25, -0.2) is 0 Å². The smallest absolute Gasteiger partial charge is 0.306 e. The van der Waals surface area contributed by atoms with Crippen LogP contribution in [0.4, 0.5) is 0 Å². The molecule has 1 aromatic carbocycles. The summed E-state index contributed by atoms with van der Waals surface area (Å²) in [4.78, 5) is 24.9. The molecule has 0 saturated heterocycles. The largest absolute Gasteiger partial charge is 0.462 e. The lowest BCUT2D eigenvalue weighted by molar-refractivity contribution is -0.163. The molecule has 1 aromatic rings. The zero-order chi connectivity index (χ0) is 31.1. The Morgan fingerprint density at radius 1 is 0.535 bits per heavy atom. The summed E-state index contributed by atoms with van der Waals surface area (Å²) in [6, 6.07) is 9.92. The summed E-state index contributed by atoms with van der Waals surface area (Å²) in [6.45, 7) is 5.21. The summed E-state index contributed by atoms with van der Waals surface area (Å²) in [5.41, 5.74) is 1.06. The fourth-order valence-corrected chi connectivity index (χ4v) is 5.37. The van der Waals surface area contributed by atoms with Crippen LogP contribution in [0.15, 0.2) is 30.3 Å². The fourth-order valence-electron chi connectivity index (χ4n) is 5.37. The van der Waals surface area contributed by atoms with E-state index in [4.69, 9.17) is 14.2 Å². The van der Waals surface area contributed by atoms with Crippen LogP contribution < -0.4 is 0 Å². The van der Waals surface area contributed by atoms with Crippen molar-refractivity contribution in [2.45, 2.75) is 181 Å². The normalized spacial score (nSPS) is 11.9. The van der Waals surface area contributed by atoms with E-state index in [9.17, 15) is 9.59 Å². The first-order valence-electron chi connectivity index (χ1n) is 18.1. The third-order valence-corrected chi connectivity index (χ3v) is 8.11. The Labute approximate surface area is 265 Å². The van der Waals surface area contributed by atoms with Crippen LogP contribution in [0.25, 0.3) is 0 Å².